The van der Waals surface area contributed by atoms with Gasteiger partial charge in [0.15, 0.2) is 6.29 Å². The number of aliphatic hydroxyl groups is 3. The highest BCUT2D eigenvalue weighted by atomic mass is 16.7. The zero-order valence-electron chi connectivity index (χ0n) is 36.0. The van der Waals surface area contributed by atoms with Crippen LogP contribution in [0.3, 0.4) is 0 Å². The lowest BCUT2D eigenvalue weighted by atomic mass is 9.55. The van der Waals surface area contributed by atoms with Crippen LogP contribution in [0.15, 0.2) is 65.9 Å². The minimum absolute atomic E-state index is 0.0173. The van der Waals surface area contributed by atoms with Gasteiger partial charge in [0.1, 0.15) is 36.1 Å². The number of hydrogen-bond acceptors (Lipinski definition) is 12. The van der Waals surface area contributed by atoms with Gasteiger partial charge >= 0.3 is 0 Å². The summed E-state index contributed by atoms with van der Waals surface area (Å²) in [6, 6.07) is 10.2. The van der Waals surface area contributed by atoms with E-state index >= 15 is 0 Å². The molecule has 3 aliphatic carbocycles. The Hall–Kier alpha value is -4.27. The smallest absolute Gasteiger partial charge is 0.239 e. The summed E-state index contributed by atoms with van der Waals surface area (Å²) < 4.78 is 32.1. The van der Waals surface area contributed by atoms with Crippen molar-refractivity contribution in [3.05, 3.63) is 71.8 Å². The molecule has 13 heteroatoms. The molecule has 0 radical (unpaired) electrons. The maximum Gasteiger partial charge on any atom is 0.239 e. The predicted octanol–water partition coefficient (Wildman–Crippen LogP) is 7.37. The average Bonchev–Trinajstić information content (AvgIpc) is 3.81. The van der Waals surface area contributed by atoms with Gasteiger partial charge in [-0.1, -0.05) is 55.8 Å². The van der Waals surface area contributed by atoms with E-state index in [1.54, 1.807) is 24.3 Å². The van der Waals surface area contributed by atoms with E-state index in [4.69, 9.17) is 28.5 Å². The molecule has 4 aliphatic rings. The quantitative estimate of drug-likeness (QED) is 0.0396. The average molecular weight is 847 g/mol. The van der Waals surface area contributed by atoms with Crippen LogP contribution in [0, 0.1) is 23.7 Å². The van der Waals surface area contributed by atoms with Crippen molar-refractivity contribution in [3.63, 3.8) is 0 Å². The van der Waals surface area contributed by atoms with Gasteiger partial charge in [-0.25, -0.2) is 0 Å². The molecule has 0 spiro atoms. The molecule has 0 unspecified atom stereocenters. The number of aliphatic hydroxyl groups excluding tert-OH is 3. The number of aldehydes is 1. The topological polar surface area (TPSA) is 166 Å². The number of carbonyl (C=O) groups excluding carboxylic acids is 2. The Bertz CT molecular complexity index is 1830. The fourth-order valence-corrected chi connectivity index (χ4v) is 10.4. The van der Waals surface area contributed by atoms with Gasteiger partial charge in [0.05, 0.1) is 50.7 Å². The fraction of sp³-hybridized carbons (Fsp3) is 0.604. The summed E-state index contributed by atoms with van der Waals surface area (Å²) in [5, 5.41) is 34.1. The van der Waals surface area contributed by atoms with Gasteiger partial charge in [-0.05, 0) is 91.8 Å². The zero-order chi connectivity index (χ0) is 43.2. The van der Waals surface area contributed by atoms with Crippen LogP contribution >= 0.6 is 0 Å². The van der Waals surface area contributed by atoms with Crippen molar-refractivity contribution in [2.24, 2.45) is 28.8 Å². The molecular weight excluding hydrogens is 781 g/mol. The molecule has 6 rings (SSSR count). The Labute approximate surface area is 360 Å². The number of fused-ring (bicyclic) bond motifs is 2. The normalized spacial score (nSPS) is 24.9. The number of benzene rings is 2. The summed E-state index contributed by atoms with van der Waals surface area (Å²) in [6.45, 7) is 4.84. The molecule has 2 fully saturated rings. The monoisotopic (exact) mass is 846 g/mol. The van der Waals surface area contributed by atoms with Gasteiger partial charge in [0.25, 0.3) is 0 Å². The number of carbonyl (C=O) groups is 2. The Morgan fingerprint density at radius 2 is 1.72 bits per heavy atom. The number of allylic oxidation sites excluding steroid dienone is 1. The van der Waals surface area contributed by atoms with E-state index in [9.17, 15) is 24.9 Å². The molecule has 334 valence electrons. The van der Waals surface area contributed by atoms with Crippen molar-refractivity contribution >= 4 is 17.9 Å². The van der Waals surface area contributed by atoms with Crippen LogP contribution < -0.4 is 14.2 Å². The second-order valence-electron chi connectivity index (χ2n) is 16.7. The molecule has 0 bridgehead atoms. The first-order valence-corrected chi connectivity index (χ1v) is 22.3. The number of nitrogens with zero attached hydrogens (tertiary/aromatic N) is 2. The van der Waals surface area contributed by atoms with Crippen molar-refractivity contribution < 1.29 is 53.4 Å². The largest absolute Gasteiger partial charge is 0.496 e. The second kappa shape index (κ2) is 22.7. The number of oxime groups is 1. The Morgan fingerprint density at radius 3 is 2.43 bits per heavy atom. The fourth-order valence-electron chi connectivity index (χ4n) is 10.4. The zero-order valence-corrected chi connectivity index (χ0v) is 36.0. The molecule has 6 atom stereocenters. The third kappa shape index (κ3) is 10.7. The first kappa shape index (κ1) is 46.2. The Balaban J connectivity index is 1.53. The molecule has 2 aromatic carbocycles. The molecule has 1 aliphatic heterocycles. The maximum atomic E-state index is 14.8. The molecule has 3 N–H and O–H groups in total. The molecule has 13 nitrogen and oxygen atoms in total. The highest BCUT2D eigenvalue weighted by Crippen LogP contribution is 2.62. The summed E-state index contributed by atoms with van der Waals surface area (Å²) in [5.74, 6) is 0.571. The van der Waals surface area contributed by atoms with Crippen LogP contribution in [0.4, 0.5) is 0 Å². The lowest BCUT2D eigenvalue weighted by molar-refractivity contribution is -0.258. The molecular formula is C48H66N2O11. The molecule has 0 saturated heterocycles. The van der Waals surface area contributed by atoms with E-state index in [0.29, 0.717) is 65.9 Å². The van der Waals surface area contributed by atoms with Crippen LogP contribution in [0.2, 0.25) is 0 Å². The summed E-state index contributed by atoms with van der Waals surface area (Å²) in [7, 11) is 3.05. The number of rotatable bonds is 25. The molecule has 0 aromatic heterocycles. The summed E-state index contributed by atoms with van der Waals surface area (Å²) in [4.78, 5) is 34.2. The van der Waals surface area contributed by atoms with E-state index in [2.05, 4.69) is 17.8 Å². The molecule has 1 heterocycles. The van der Waals surface area contributed by atoms with Gasteiger partial charge in [-0.15, -0.1) is 6.58 Å². The third-order valence-electron chi connectivity index (χ3n) is 13.1. The minimum Gasteiger partial charge on any atom is -0.496 e. The predicted molar refractivity (Wildman–Crippen MR) is 231 cm³/mol. The first-order chi connectivity index (χ1) is 29.9. The second-order valence-corrected chi connectivity index (χ2v) is 16.7. The van der Waals surface area contributed by atoms with Crippen molar-refractivity contribution in [2.45, 2.75) is 101 Å². The number of amides is 1. The van der Waals surface area contributed by atoms with Gasteiger partial charge in [-0.2, -0.15) is 0 Å². The number of unbranched alkanes of at least 4 members (excludes halogenated alkanes) is 2. The van der Waals surface area contributed by atoms with E-state index in [1.807, 2.05) is 23.1 Å². The lowest BCUT2D eigenvalue weighted by Gasteiger charge is -2.60. The van der Waals surface area contributed by atoms with Crippen LogP contribution in [0.25, 0.3) is 0 Å². The van der Waals surface area contributed by atoms with Crippen LogP contribution in [0.1, 0.15) is 105 Å². The van der Waals surface area contributed by atoms with E-state index in [1.165, 1.54) is 27.1 Å². The molecule has 2 saturated carbocycles. The van der Waals surface area contributed by atoms with Gasteiger partial charge in [0, 0.05) is 44.1 Å². The van der Waals surface area contributed by atoms with E-state index in [0.717, 1.165) is 62.4 Å². The summed E-state index contributed by atoms with van der Waals surface area (Å²) >= 11 is 0. The van der Waals surface area contributed by atoms with Crippen LogP contribution in [-0.4, -0.2) is 110 Å². The van der Waals surface area contributed by atoms with Crippen molar-refractivity contribution in [1.82, 2.24) is 4.90 Å². The number of ether oxygens (including phenoxy) is 5. The van der Waals surface area contributed by atoms with E-state index < -0.39 is 17.7 Å². The van der Waals surface area contributed by atoms with Crippen molar-refractivity contribution in [1.29, 1.82) is 0 Å². The third-order valence-corrected chi connectivity index (χ3v) is 13.1. The number of methoxy groups -OCH3 is 1. The van der Waals surface area contributed by atoms with Crippen molar-refractivity contribution in [3.8, 4) is 23.0 Å². The molecule has 1 amide bonds. The Morgan fingerprint density at radius 1 is 0.967 bits per heavy atom. The van der Waals surface area contributed by atoms with Crippen molar-refractivity contribution in [2.75, 3.05) is 60.4 Å². The highest BCUT2D eigenvalue weighted by Gasteiger charge is 2.65. The molecule has 61 heavy (non-hydrogen) atoms. The highest BCUT2D eigenvalue weighted by molar-refractivity contribution is 6.03. The minimum atomic E-state index is -1.40. The maximum absolute atomic E-state index is 14.8. The number of hydrogen-bond donors (Lipinski definition) is 3. The van der Waals surface area contributed by atoms with Gasteiger partial charge in [-0.3, -0.25) is 9.59 Å². The summed E-state index contributed by atoms with van der Waals surface area (Å²) in [6.07, 6.45) is 15.4. The van der Waals surface area contributed by atoms with E-state index in [-0.39, 0.29) is 69.8 Å². The first-order valence-electron chi connectivity index (χ1n) is 22.3. The van der Waals surface area contributed by atoms with Crippen LogP contribution in [-0.2, 0) is 19.1 Å². The SMILES string of the molecule is C=CCO[C@@]12Oc3ccc(Oc4ccc(OC)c(C=O)c4)cc3[C@H]3[C@H](CCCCO)[C@@H](CCCCO)C=C(C(=NOC)C[C@@H]1N(CCOCCO)C(=O)CCC1CCCC1)[C@H]32. The van der Waals surface area contributed by atoms with Gasteiger partial charge in [0.2, 0.25) is 11.7 Å². The molecule has 2 aromatic rings. The van der Waals surface area contributed by atoms with Gasteiger partial charge < -0.3 is 48.7 Å². The summed E-state index contributed by atoms with van der Waals surface area (Å²) in [5.41, 5.74) is 2.94. The van der Waals surface area contributed by atoms with Crippen LogP contribution in [0.5, 0.6) is 23.0 Å². The standard InChI is InChI=1S/C48H66N2O11/c1-4-25-59-48-44(50(21-26-58-27-24-53)45(55)20-15-33-11-5-6-12-33)31-41(49-57-3)39-29-34(13-7-9-22-51)38(14-8-10-23-52)46(47(39)48)40-30-37(17-19-43(40)61-48)60-36-16-18-42(56-2)35(28-36)32-54/h4,16-19,28-30,32-34,38,44,46-47,51-53H,1,5-15,20-27,31H2,2-3H3/t34-,38+,44-,46+,47+,48+/m0/s1. The lowest BCUT2D eigenvalue weighted by Crippen LogP contribution is -2.70. The Kier molecular flexibility index (Phi) is 17.2.